The van der Waals surface area contributed by atoms with Crippen LogP contribution in [0.1, 0.15) is 27.0 Å². The summed E-state index contributed by atoms with van der Waals surface area (Å²) in [5.74, 6) is -0.198. The van der Waals surface area contributed by atoms with Crippen molar-refractivity contribution in [1.29, 1.82) is 0 Å². The van der Waals surface area contributed by atoms with Gasteiger partial charge in [0.15, 0.2) is 5.11 Å². The van der Waals surface area contributed by atoms with Crippen molar-refractivity contribution in [2.45, 2.75) is 20.8 Å². The molecule has 0 aliphatic carbocycles. The van der Waals surface area contributed by atoms with Gasteiger partial charge < -0.3 is 5.32 Å². The van der Waals surface area contributed by atoms with Crippen molar-refractivity contribution in [3.05, 3.63) is 64.7 Å². The van der Waals surface area contributed by atoms with Gasteiger partial charge in [0.25, 0.3) is 5.91 Å². The van der Waals surface area contributed by atoms with Crippen LogP contribution in [0.15, 0.2) is 42.5 Å². The van der Waals surface area contributed by atoms with Gasteiger partial charge >= 0.3 is 0 Å². The maximum Gasteiger partial charge on any atom is 0.257 e. The lowest BCUT2D eigenvalue weighted by molar-refractivity contribution is 0.0977. The third-order valence-corrected chi connectivity index (χ3v) is 3.46. The lowest BCUT2D eigenvalue weighted by Crippen LogP contribution is -2.34. The SMILES string of the molecule is Cc1ccc(C)c(NC(=S)NC(=O)c2ccccc2C)c1. The molecular weight excluding hydrogens is 280 g/mol. The van der Waals surface area contributed by atoms with Crippen LogP contribution in [0.4, 0.5) is 5.69 Å². The van der Waals surface area contributed by atoms with Crippen LogP contribution in [0.25, 0.3) is 0 Å². The Bertz CT molecular complexity index is 695. The van der Waals surface area contributed by atoms with E-state index in [1.165, 1.54) is 0 Å². The zero-order valence-electron chi connectivity index (χ0n) is 12.4. The van der Waals surface area contributed by atoms with Gasteiger partial charge in [-0.2, -0.15) is 0 Å². The van der Waals surface area contributed by atoms with E-state index in [0.29, 0.717) is 10.7 Å². The average Bonchev–Trinajstić information content (AvgIpc) is 2.43. The van der Waals surface area contributed by atoms with Crippen LogP contribution in [-0.2, 0) is 0 Å². The van der Waals surface area contributed by atoms with Crippen LogP contribution >= 0.6 is 12.2 Å². The smallest absolute Gasteiger partial charge is 0.257 e. The molecule has 0 bridgehead atoms. The molecule has 21 heavy (non-hydrogen) atoms. The zero-order chi connectivity index (χ0) is 15.4. The number of benzene rings is 2. The molecule has 0 spiro atoms. The Hall–Kier alpha value is -2.20. The van der Waals surface area contributed by atoms with Crippen molar-refractivity contribution in [2.24, 2.45) is 0 Å². The fraction of sp³-hybridized carbons (Fsp3) is 0.176. The van der Waals surface area contributed by atoms with Gasteiger partial charge in [-0.3, -0.25) is 10.1 Å². The molecule has 0 saturated carbocycles. The van der Waals surface area contributed by atoms with E-state index >= 15 is 0 Å². The number of nitrogens with one attached hydrogen (secondary N) is 2. The van der Waals surface area contributed by atoms with E-state index < -0.39 is 0 Å². The minimum Gasteiger partial charge on any atom is -0.332 e. The number of hydrogen-bond acceptors (Lipinski definition) is 2. The highest BCUT2D eigenvalue weighted by Crippen LogP contribution is 2.16. The summed E-state index contributed by atoms with van der Waals surface area (Å²) >= 11 is 5.22. The lowest BCUT2D eigenvalue weighted by atomic mass is 10.1. The second-order valence-corrected chi connectivity index (χ2v) is 5.45. The molecule has 2 rings (SSSR count). The number of amides is 1. The molecule has 0 unspecified atom stereocenters. The Kier molecular flexibility index (Phi) is 4.70. The summed E-state index contributed by atoms with van der Waals surface area (Å²) in [5.41, 5.74) is 4.67. The number of hydrogen-bond donors (Lipinski definition) is 2. The van der Waals surface area contributed by atoms with Crippen LogP contribution < -0.4 is 10.6 Å². The van der Waals surface area contributed by atoms with Crippen molar-refractivity contribution in [3.63, 3.8) is 0 Å². The molecule has 1 amide bonds. The van der Waals surface area contributed by atoms with Crippen molar-refractivity contribution in [3.8, 4) is 0 Å². The van der Waals surface area contributed by atoms with Crippen LogP contribution in [0, 0.1) is 20.8 Å². The molecule has 3 nitrogen and oxygen atoms in total. The first-order valence-electron chi connectivity index (χ1n) is 6.72. The molecule has 108 valence electrons. The van der Waals surface area contributed by atoms with E-state index in [1.54, 1.807) is 6.07 Å². The Morgan fingerprint density at radius 1 is 1.00 bits per heavy atom. The van der Waals surface area contributed by atoms with Crippen LogP contribution in [0.5, 0.6) is 0 Å². The lowest BCUT2D eigenvalue weighted by Gasteiger charge is -2.13. The third-order valence-electron chi connectivity index (χ3n) is 3.26. The largest absolute Gasteiger partial charge is 0.332 e. The molecule has 0 saturated heterocycles. The quantitative estimate of drug-likeness (QED) is 0.830. The first-order chi connectivity index (χ1) is 9.97. The maximum atomic E-state index is 12.2. The highest BCUT2D eigenvalue weighted by atomic mass is 32.1. The number of thiocarbonyl (C=S) groups is 1. The summed E-state index contributed by atoms with van der Waals surface area (Å²) in [6.45, 7) is 5.91. The summed E-state index contributed by atoms with van der Waals surface area (Å²) in [4.78, 5) is 12.2. The number of aryl methyl sites for hydroxylation is 3. The van der Waals surface area contributed by atoms with Gasteiger partial charge in [-0.1, -0.05) is 30.3 Å². The molecule has 0 fully saturated rings. The highest BCUT2D eigenvalue weighted by molar-refractivity contribution is 7.80. The predicted molar refractivity (Wildman–Crippen MR) is 90.8 cm³/mol. The summed E-state index contributed by atoms with van der Waals surface area (Å²) in [7, 11) is 0. The Labute approximate surface area is 130 Å². The van der Waals surface area contributed by atoms with E-state index in [4.69, 9.17) is 12.2 Å². The summed E-state index contributed by atoms with van der Waals surface area (Å²) in [6, 6.07) is 13.5. The fourth-order valence-electron chi connectivity index (χ4n) is 2.02. The highest BCUT2D eigenvalue weighted by Gasteiger charge is 2.10. The molecule has 2 N–H and O–H groups in total. The predicted octanol–water partition coefficient (Wildman–Crippen LogP) is 3.74. The molecule has 2 aromatic rings. The Morgan fingerprint density at radius 3 is 2.43 bits per heavy atom. The third kappa shape index (κ3) is 3.89. The molecule has 0 aliphatic heterocycles. The van der Waals surface area contributed by atoms with Gasteiger partial charge in [0.2, 0.25) is 0 Å². The van der Waals surface area contributed by atoms with E-state index in [1.807, 2.05) is 57.2 Å². The maximum absolute atomic E-state index is 12.2. The van der Waals surface area contributed by atoms with Gasteiger partial charge in [-0.25, -0.2) is 0 Å². The van der Waals surface area contributed by atoms with E-state index in [9.17, 15) is 4.79 Å². The number of carbonyl (C=O) groups excluding carboxylic acids is 1. The molecule has 0 aliphatic rings. The average molecular weight is 298 g/mol. The van der Waals surface area contributed by atoms with Gasteiger partial charge in [0.1, 0.15) is 0 Å². The topological polar surface area (TPSA) is 41.1 Å². The van der Waals surface area contributed by atoms with Crippen molar-refractivity contribution < 1.29 is 4.79 Å². The number of rotatable bonds is 2. The summed E-state index contributed by atoms with van der Waals surface area (Å²) in [6.07, 6.45) is 0. The zero-order valence-corrected chi connectivity index (χ0v) is 13.2. The number of anilines is 1. The van der Waals surface area contributed by atoms with Gasteiger partial charge in [0, 0.05) is 11.3 Å². The Balaban J connectivity index is 2.07. The van der Waals surface area contributed by atoms with E-state index in [0.717, 1.165) is 22.4 Å². The van der Waals surface area contributed by atoms with Gasteiger partial charge in [-0.15, -0.1) is 0 Å². The molecule has 4 heteroatoms. The standard InChI is InChI=1S/C17H18N2OS/c1-11-8-9-13(3)15(10-11)18-17(21)19-16(20)14-7-5-4-6-12(14)2/h4-10H,1-3H3,(H2,18,19,20,21). The minimum atomic E-state index is -0.198. The molecular formula is C17H18N2OS. The molecule has 0 heterocycles. The molecule has 0 atom stereocenters. The van der Waals surface area contributed by atoms with Crippen LogP contribution in [0.3, 0.4) is 0 Å². The van der Waals surface area contributed by atoms with E-state index in [-0.39, 0.29) is 5.91 Å². The van der Waals surface area contributed by atoms with Crippen molar-refractivity contribution >= 4 is 28.9 Å². The first kappa shape index (κ1) is 15.2. The van der Waals surface area contributed by atoms with Crippen LogP contribution in [-0.4, -0.2) is 11.0 Å². The fourth-order valence-corrected chi connectivity index (χ4v) is 2.22. The second kappa shape index (κ2) is 6.50. The first-order valence-corrected chi connectivity index (χ1v) is 7.13. The monoisotopic (exact) mass is 298 g/mol. The molecule has 0 aromatic heterocycles. The Morgan fingerprint density at radius 2 is 1.71 bits per heavy atom. The summed E-state index contributed by atoms with van der Waals surface area (Å²) < 4.78 is 0. The van der Waals surface area contributed by atoms with Crippen molar-refractivity contribution in [1.82, 2.24) is 5.32 Å². The second-order valence-electron chi connectivity index (χ2n) is 5.04. The molecule has 0 radical (unpaired) electrons. The van der Waals surface area contributed by atoms with Crippen molar-refractivity contribution in [2.75, 3.05) is 5.32 Å². The van der Waals surface area contributed by atoms with Gasteiger partial charge in [0.05, 0.1) is 0 Å². The van der Waals surface area contributed by atoms with E-state index in [2.05, 4.69) is 10.6 Å². The minimum absolute atomic E-state index is 0.198. The molecule has 2 aromatic carbocycles. The van der Waals surface area contributed by atoms with Gasteiger partial charge in [-0.05, 0) is 61.8 Å². The number of carbonyl (C=O) groups is 1. The van der Waals surface area contributed by atoms with Crippen LogP contribution in [0.2, 0.25) is 0 Å². The summed E-state index contributed by atoms with van der Waals surface area (Å²) in [5, 5.41) is 6.09. The normalized spacial score (nSPS) is 10.0.